The van der Waals surface area contributed by atoms with Crippen molar-refractivity contribution in [3.8, 4) is 0 Å². The largest absolute Gasteiger partial charge is 0.296 e. The molecule has 0 aliphatic heterocycles. The number of rotatable bonds is 4. The summed E-state index contributed by atoms with van der Waals surface area (Å²) in [6, 6.07) is 5.63. The van der Waals surface area contributed by atoms with Gasteiger partial charge in [-0.3, -0.25) is 10.1 Å². The van der Waals surface area contributed by atoms with E-state index < -0.39 is 0 Å². The van der Waals surface area contributed by atoms with Crippen LogP contribution in [0.3, 0.4) is 0 Å². The number of carbonyl (C=O) groups is 1. The SMILES string of the molecule is CC(C)Cc1nnc(NC(=O)c2cc(I)ccc2Br)s1. The molecule has 0 radical (unpaired) electrons. The number of hydrogen-bond acceptors (Lipinski definition) is 4. The van der Waals surface area contributed by atoms with Crippen molar-refractivity contribution in [3.63, 3.8) is 0 Å². The molecule has 0 spiro atoms. The lowest BCUT2D eigenvalue weighted by molar-refractivity contribution is 0.102. The molecule has 1 amide bonds. The number of carbonyl (C=O) groups excluding carboxylic acids is 1. The van der Waals surface area contributed by atoms with Crippen LogP contribution in [-0.2, 0) is 6.42 Å². The molecule has 7 heteroatoms. The van der Waals surface area contributed by atoms with Gasteiger partial charge >= 0.3 is 0 Å². The molecule has 0 bridgehead atoms. The van der Waals surface area contributed by atoms with Crippen LogP contribution >= 0.6 is 49.9 Å². The van der Waals surface area contributed by atoms with Crippen LogP contribution in [0.2, 0.25) is 0 Å². The average molecular weight is 466 g/mol. The van der Waals surface area contributed by atoms with Gasteiger partial charge in [0.25, 0.3) is 5.91 Å². The summed E-state index contributed by atoms with van der Waals surface area (Å²) in [7, 11) is 0. The summed E-state index contributed by atoms with van der Waals surface area (Å²) in [5.41, 5.74) is 0.595. The lowest BCUT2D eigenvalue weighted by atomic mass is 10.1. The van der Waals surface area contributed by atoms with Gasteiger partial charge in [-0.15, -0.1) is 10.2 Å². The summed E-state index contributed by atoms with van der Waals surface area (Å²) >= 11 is 6.99. The van der Waals surface area contributed by atoms with Crippen LogP contribution in [0, 0.1) is 9.49 Å². The summed E-state index contributed by atoms with van der Waals surface area (Å²) in [5.74, 6) is 0.346. The predicted molar refractivity (Wildman–Crippen MR) is 93.3 cm³/mol. The van der Waals surface area contributed by atoms with Gasteiger partial charge in [0.2, 0.25) is 5.13 Å². The Kier molecular flexibility index (Phi) is 5.50. The van der Waals surface area contributed by atoms with Crippen molar-refractivity contribution in [1.29, 1.82) is 0 Å². The van der Waals surface area contributed by atoms with Gasteiger partial charge in [0.1, 0.15) is 5.01 Å². The molecule has 0 saturated carbocycles. The zero-order valence-electron chi connectivity index (χ0n) is 11.0. The summed E-state index contributed by atoms with van der Waals surface area (Å²) in [6.45, 7) is 4.26. The van der Waals surface area contributed by atoms with Crippen LogP contribution in [0.5, 0.6) is 0 Å². The van der Waals surface area contributed by atoms with Crippen molar-refractivity contribution in [2.24, 2.45) is 5.92 Å². The molecule has 0 aliphatic carbocycles. The molecule has 0 fully saturated rings. The fourth-order valence-electron chi connectivity index (χ4n) is 1.57. The first kappa shape index (κ1) is 15.8. The van der Waals surface area contributed by atoms with Crippen LogP contribution in [0.15, 0.2) is 22.7 Å². The van der Waals surface area contributed by atoms with Crippen LogP contribution in [0.25, 0.3) is 0 Å². The van der Waals surface area contributed by atoms with Gasteiger partial charge in [-0.05, 0) is 62.6 Å². The molecule has 1 aromatic carbocycles. The highest BCUT2D eigenvalue weighted by molar-refractivity contribution is 14.1. The van der Waals surface area contributed by atoms with Crippen LogP contribution in [0.1, 0.15) is 29.2 Å². The van der Waals surface area contributed by atoms with Gasteiger partial charge in [-0.2, -0.15) is 0 Å². The molecule has 1 heterocycles. The molecule has 1 N–H and O–H groups in total. The van der Waals surface area contributed by atoms with E-state index in [0.717, 1.165) is 19.5 Å². The second kappa shape index (κ2) is 6.95. The van der Waals surface area contributed by atoms with Crippen LogP contribution < -0.4 is 5.32 Å². The van der Waals surface area contributed by atoms with Crippen LogP contribution in [-0.4, -0.2) is 16.1 Å². The third kappa shape index (κ3) is 4.23. The predicted octanol–water partition coefficient (Wildman–Crippen LogP) is 4.36. The summed E-state index contributed by atoms with van der Waals surface area (Å²) < 4.78 is 1.77. The molecule has 0 atom stereocenters. The lowest BCUT2D eigenvalue weighted by Crippen LogP contribution is -2.12. The van der Waals surface area contributed by atoms with E-state index in [0.29, 0.717) is 16.6 Å². The number of benzene rings is 1. The number of nitrogens with one attached hydrogen (secondary N) is 1. The maximum absolute atomic E-state index is 12.2. The van der Waals surface area contributed by atoms with E-state index >= 15 is 0 Å². The molecule has 0 unspecified atom stereocenters. The van der Waals surface area contributed by atoms with Crippen molar-refractivity contribution >= 4 is 60.9 Å². The third-order valence-corrected chi connectivity index (χ3v) is 4.67. The summed E-state index contributed by atoms with van der Waals surface area (Å²) in [6.07, 6.45) is 0.875. The van der Waals surface area contributed by atoms with E-state index in [-0.39, 0.29) is 5.91 Å². The van der Waals surface area contributed by atoms with Gasteiger partial charge < -0.3 is 0 Å². The molecular formula is C13H13BrIN3OS. The van der Waals surface area contributed by atoms with Crippen molar-refractivity contribution < 1.29 is 4.79 Å². The number of anilines is 1. The van der Waals surface area contributed by atoms with Crippen molar-refractivity contribution in [2.75, 3.05) is 5.32 Å². The molecule has 1 aromatic heterocycles. The standard InChI is InChI=1S/C13H13BrIN3OS/c1-7(2)5-11-17-18-13(20-11)16-12(19)9-6-8(15)3-4-10(9)14/h3-4,6-7H,5H2,1-2H3,(H,16,18,19). The van der Waals surface area contributed by atoms with Crippen molar-refractivity contribution in [3.05, 3.63) is 36.8 Å². The van der Waals surface area contributed by atoms with Gasteiger partial charge in [0.15, 0.2) is 0 Å². The third-order valence-electron chi connectivity index (χ3n) is 2.44. The smallest absolute Gasteiger partial charge is 0.258 e. The Hall–Kier alpha value is -0.540. The molecule has 4 nitrogen and oxygen atoms in total. The Morgan fingerprint density at radius 2 is 2.20 bits per heavy atom. The van der Waals surface area contributed by atoms with Gasteiger partial charge in [-0.1, -0.05) is 25.2 Å². The summed E-state index contributed by atoms with van der Waals surface area (Å²) in [5, 5.41) is 12.4. The first-order valence-electron chi connectivity index (χ1n) is 6.04. The second-order valence-electron chi connectivity index (χ2n) is 4.68. The molecular weight excluding hydrogens is 453 g/mol. The Morgan fingerprint density at radius 3 is 2.90 bits per heavy atom. The number of amides is 1. The van der Waals surface area contributed by atoms with E-state index in [4.69, 9.17) is 0 Å². The quantitative estimate of drug-likeness (QED) is 0.682. The monoisotopic (exact) mass is 465 g/mol. The van der Waals surface area contributed by atoms with E-state index in [1.807, 2.05) is 18.2 Å². The fourth-order valence-corrected chi connectivity index (χ4v) is 3.44. The zero-order chi connectivity index (χ0) is 14.7. The van der Waals surface area contributed by atoms with Crippen LogP contribution in [0.4, 0.5) is 5.13 Å². The normalized spacial score (nSPS) is 10.8. The Morgan fingerprint density at radius 1 is 1.45 bits per heavy atom. The molecule has 2 rings (SSSR count). The maximum atomic E-state index is 12.2. The number of halogens is 2. The molecule has 20 heavy (non-hydrogen) atoms. The molecule has 0 aliphatic rings. The molecule has 0 saturated heterocycles. The number of aromatic nitrogens is 2. The van der Waals surface area contributed by atoms with Crippen molar-refractivity contribution in [2.45, 2.75) is 20.3 Å². The van der Waals surface area contributed by atoms with E-state index in [1.165, 1.54) is 11.3 Å². The Labute approximate surface area is 143 Å². The number of hydrogen-bond donors (Lipinski definition) is 1. The highest BCUT2D eigenvalue weighted by Gasteiger charge is 2.14. The lowest BCUT2D eigenvalue weighted by Gasteiger charge is -2.04. The fraction of sp³-hybridized carbons (Fsp3) is 0.308. The van der Waals surface area contributed by atoms with Gasteiger partial charge in [0, 0.05) is 14.5 Å². The first-order chi connectivity index (χ1) is 9.45. The Balaban J connectivity index is 2.11. The van der Waals surface area contributed by atoms with Gasteiger partial charge in [0.05, 0.1) is 5.56 Å². The maximum Gasteiger partial charge on any atom is 0.258 e. The highest BCUT2D eigenvalue weighted by Crippen LogP contribution is 2.23. The second-order valence-corrected chi connectivity index (χ2v) is 7.84. The minimum atomic E-state index is -0.178. The molecule has 2 aromatic rings. The summed E-state index contributed by atoms with van der Waals surface area (Å²) in [4.78, 5) is 12.2. The highest BCUT2D eigenvalue weighted by atomic mass is 127. The van der Waals surface area contributed by atoms with E-state index in [1.54, 1.807) is 0 Å². The number of nitrogens with zero attached hydrogens (tertiary/aromatic N) is 2. The zero-order valence-corrected chi connectivity index (χ0v) is 15.5. The minimum Gasteiger partial charge on any atom is -0.296 e. The first-order valence-corrected chi connectivity index (χ1v) is 8.73. The van der Waals surface area contributed by atoms with E-state index in [2.05, 4.69) is 67.9 Å². The van der Waals surface area contributed by atoms with Crippen molar-refractivity contribution in [1.82, 2.24) is 10.2 Å². The Bertz CT molecular complexity index is 630. The topological polar surface area (TPSA) is 54.9 Å². The minimum absolute atomic E-state index is 0.178. The molecule has 106 valence electrons. The average Bonchev–Trinajstić information content (AvgIpc) is 2.78. The van der Waals surface area contributed by atoms with Gasteiger partial charge in [-0.25, -0.2) is 0 Å². The van der Waals surface area contributed by atoms with E-state index in [9.17, 15) is 4.79 Å².